The Balaban J connectivity index is 3.12. The van der Waals surface area contributed by atoms with Gasteiger partial charge in [-0.05, 0) is 31.6 Å². The molecule has 10 heteroatoms. The number of aliphatic hydroxyl groups excluding tert-OH is 2. The van der Waals surface area contributed by atoms with Gasteiger partial charge < -0.3 is 30.9 Å². The number of unbranched alkanes of at least 4 members (excludes halogenated alkanes) is 10. The molecule has 44 heavy (non-hydrogen) atoms. The number of rotatable bonds is 15. The van der Waals surface area contributed by atoms with Crippen molar-refractivity contribution in [3.63, 3.8) is 0 Å². The predicted octanol–water partition coefficient (Wildman–Crippen LogP) is 4.39. The topological polar surface area (TPSA) is 154 Å². The monoisotopic (exact) mass is 625 g/mol. The number of cyclic esters (lactones) is 1. The molecule has 10 nitrogen and oxygen atoms in total. The summed E-state index contributed by atoms with van der Waals surface area (Å²) < 4.78 is 5.99. The van der Waals surface area contributed by atoms with Gasteiger partial charge in [0.15, 0.2) is 0 Å². The van der Waals surface area contributed by atoms with E-state index >= 15 is 0 Å². The zero-order chi connectivity index (χ0) is 33.4. The summed E-state index contributed by atoms with van der Waals surface area (Å²) in [5, 5.41) is 29.6. The largest absolute Gasteiger partial charge is 0.460 e. The van der Waals surface area contributed by atoms with Gasteiger partial charge in [0.05, 0.1) is 18.1 Å². The van der Waals surface area contributed by atoms with Gasteiger partial charge in [-0.15, -0.1) is 0 Å². The van der Waals surface area contributed by atoms with Gasteiger partial charge in [0.1, 0.15) is 24.2 Å². The van der Waals surface area contributed by atoms with Crippen LogP contribution in [0.2, 0.25) is 0 Å². The summed E-state index contributed by atoms with van der Waals surface area (Å²) in [5.41, 5.74) is 0. The Bertz CT molecular complexity index is 879. The molecule has 0 aliphatic carbocycles. The lowest BCUT2D eigenvalue weighted by molar-refractivity contribution is -0.161. The van der Waals surface area contributed by atoms with E-state index in [1.165, 1.54) is 51.9 Å². The molecule has 1 rings (SSSR count). The van der Waals surface area contributed by atoms with Crippen LogP contribution in [0, 0.1) is 23.7 Å². The van der Waals surface area contributed by atoms with Crippen molar-refractivity contribution in [1.29, 1.82) is 0 Å². The fraction of sp³-hybridized carbons (Fsp3) is 0.882. The van der Waals surface area contributed by atoms with Gasteiger partial charge in [0, 0.05) is 5.92 Å². The Hall–Kier alpha value is -2.20. The van der Waals surface area contributed by atoms with Crippen LogP contribution in [0.15, 0.2) is 0 Å². The van der Waals surface area contributed by atoms with Gasteiger partial charge in [0.2, 0.25) is 17.7 Å². The molecule has 8 atom stereocenters. The van der Waals surface area contributed by atoms with Crippen molar-refractivity contribution in [2.45, 2.75) is 169 Å². The third kappa shape index (κ3) is 13.4. The summed E-state index contributed by atoms with van der Waals surface area (Å²) >= 11 is 0. The zero-order valence-corrected chi connectivity index (χ0v) is 28.7. The fourth-order valence-electron chi connectivity index (χ4n) is 5.70. The second-order valence-electron chi connectivity index (χ2n) is 13.6. The second-order valence-corrected chi connectivity index (χ2v) is 13.6. The highest BCUT2D eigenvalue weighted by atomic mass is 16.5. The van der Waals surface area contributed by atoms with Crippen LogP contribution in [0.1, 0.15) is 132 Å². The average molecular weight is 626 g/mol. The lowest BCUT2D eigenvalue weighted by Crippen LogP contribution is -2.60. The molecule has 0 radical (unpaired) electrons. The number of amides is 3. The van der Waals surface area contributed by atoms with Crippen molar-refractivity contribution < 1.29 is 34.1 Å². The van der Waals surface area contributed by atoms with Crippen LogP contribution in [0.4, 0.5) is 0 Å². The first-order valence-electron chi connectivity index (χ1n) is 17.2. The molecule has 1 aliphatic rings. The van der Waals surface area contributed by atoms with Gasteiger partial charge >= 0.3 is 5.97 Å². The Labute approximate surface area is 266 Å². The maximum atomic E-state index is 13.5. The minimum absolute atomic E-state index is 0.337. The molecule has 3 amide bonds. The van der Waals surface area contributed by atoms with E-state index in [0.717, 1.165) is 25.7 Å². The minimum Gasteiger partial charge on any atom is -0.460 e. The van der Waals surface area contributed by atoms with E-state index in [-0.39, 0.29) is 11.8 Å². The molecule has 0 aromatic heterocycles. The Morgan fingerprint density at radius 1 is 0.659 bits per heavy atom. The van der Waals surface area contributed by atoms with Crippen LogP contribution in [-0.2, 0) is 23.9 Å². The van der Waals surface area contributed by atoms with Crippen LogP contribution >= 0.6 is 0 Å². The highest BCUT2D eigenvalue weighted by Gasteiger charge is 2.39. The van der Waals surface area contributed by atoms with Crippen LogP contribution in [-0.4, -0.2) is 70.3 Å². The van der Waals surface area contributed by atoms with E-state index in [9.17, 15) is 29.4 Å². The highest BCUT2D eigenvalue weighted by Crippen LogP contribution is 2.25. The van der Waals surface area contributed by atoms with Gasteiger partial charge in [0.25, 0.3) is 0 Å². The van der Waals surface area contributed by atoms with Crippen molar-refractivity contribution in [3.8, 4) is 0 Å². The Morgan fingerprint density at radius 3 is 1.57 bits per heavy atom. The maximum absolute atomic E-state index is 13.5. The third-order valence-electron chi connectivity index (χ3n) is 8.94. The quantitative estimate of drug-likeness (QED) is 0.134. The normalized spacial score (nSPS) is 28.5. The summed E-state index contributed by atoms with van der Waals surface area (Å²) in [5.74, 6) is -4.69. The molecule has 0 unspecified atom stereocenters. The second kappa shape index (κ2) is 20.8. The first-order chi connectivity index (χ1) is 20.7. The van der Waals surface area contributed by atoms with Crippen molar-refractivity contribution >= 4 is 23.7 Å². The van der Waals surface area contributed by atoms with Gasteiger partial charge in [-0.25, -0.2) is 4.79 Å². The Morgan fingerprint density at radius 2 is 1.09 bits per heavy atom. The van der Waals surface area contributed by atoms with Gasteiger partial charge in [-0.2, -0.15) is 0 Å². The fourth-order valence-corrected chi connectivity index (χ4v) is 5.70. The summed E-state index contributed by atoms with van der Waals surface area (Å²) in [6.45, 7) is 14.0. The zero-order valence-electron chi connectivity index (χ0n) is 28.7. The van der Waals surface area contributed by atoms with Crippen molar-refractivity contribution in [1.82, 2.24) is 16.0 Å². The predicted molar refractivity (Wildman–Crippen MR) is 172 cm³/mol. The highest BCUT2D eigenvalue weighted by molar-refractivity contribution is 5.94. The average Bonchev–Trinajstić information content (AvgIpc) is 2.96. The molecule has 0 aromatic rings. The van der Waals surface area contributed by atoms with Crippen molar-refractivity contribution in [3.05, 3.63) is 0 Å². The summed E-state index contributed by atoms with van der Waals surface area (Å²) in [4.78, 5) is 53.2. The van der Waals surface area contributed by atoms with E-state index in [4.69, 9.17) is 4.74 Å². The summed E-state index contributed by atoms with van der Waals surface area (Å²) in [7, 11) is 0. The van der Waals surface area contributed by atoms with Crippen LogP contribution < -0.4 is 16.0 Å². The Kier molecular flexibility index (Phi) is 18.8. The lowest BCUT2D eigenvalue weighted by Gasteiger charge is -2.33. The molecule has 256 valence electrons. The van der Waals surface area contributed by atoms with E-state index in [1.807, 2.05) is 0 Å². The number of carbonyl (C=O) groups excluding carboxylic acids is 4. The molecule has 1 aliphatic heterocycles. The first kappa shape index (κ1) is 39.8. The van der Waals surface area contributed by atoms with E-state index in [1.54, 1.807) is 41.5 Å². The molecule has 1 heterocycles. The van der Waals surface area contributed by atoms with E-state index < -0.39 is 72.0 Å². The molecule has 0 spiro atoms. The summed E-state index contributed by atoms with van der Waals surface area (Å²) in [6.07, 6.45) is 10.4. The van der Waals surface area contributed by atoms with Gasteiger partial charge in [-0.1, -0.05) is 113 Å². The number of aliphatic hydroxyl groups is 2. The number of carbonyl (C=O) groups is 4. The standard InChI is InChI=1S/C34H63N3O7/c1-9-10-11-12-13-14-15-16-17-18-19-20-26-23(6)30(39)24(7)31(40)35-27(21(2)3)32(41)37-29(25(8)38)33(42)36-28(22(4)5)34(43)44-26/h21-30,38-39H,9-20H2,1-8H3,(H,35,40)(H,36,42)(H,37,41)/t23-,24+,25+,26+,27-,28-,29-,30+/m0/s1. The van der Waals surface area contributed by atoms with Crippen molar-refractivity contribution in [2.75, 3.05) is 0 Å². The molecule has 1 saturated heterocycles. The number of ether oxygens (including phenoxy) is 1. The third-order valence-corrected chi connectivity index (χ3v) is 8.94. The van der Waals surface area contributed by atoms with Crippen LogP contribution in [0.3, 0.4) is 0 Å². The lowest BCUT2D eigenvalue weighted by atomic mass is 9.86. The number of esters is 1. The molecule has 5 N–H and O–H groups in total. The number of hydrogen-bond donors (Lipinski definition) is 5. The molecular weight excluding hydrogens is 562 g/mol. The SMILES string of the molecule is CCCCCCCCCCCCC[C@H]1OC(=O)[C@H](C(C)C)NC(=O)[C@H]([C@@H](C)O)NC(=O)[C@H](C(C)C)NC(=O)[C@H](C)[C@H](O)[C@H]1C. The molecular formula is C34H63N3O7. The molecule has 0 bridgehead atoms. The smallest absolute Gasteiger partial charge is 0.329 e. The van der Waals surface area contributed by atoms with Crippen molar-refractivity contribution in [2.24, 2.45) is 23.7 Å². The van der Waals surface area contributed by atoms with E-state index in [0.29, 0.717) is 6.42 Å². The molecule has 0 saturated carbocycles. The minimum atomic E-state index is -1.35. The number of nitrogens with one attached hydrogen (secondary N) is 3. The number of hydrogen-bond acceptors (Lipinski definition) is 7. The summed E-state index contributed by atoms with van der Waals surface area (Å²) in [6, 6.07) is -3.39. The first-order valence-corrected chi connectivity index (χ1v) is 17.2. The molecule has 1 fully saturated rings. The van der Waals surface area contributed by atoms with Crippen LogP contribution in [0.25, 0.3) is 0 Å². The molecule has 0 aromatic carbocycles. The van der Waals surface area contributed by atoms with E-state index in [2.05, 4.69) is 22.9 Å². The maximum Gasteiger partial charge on any atom is 0.329 e. The van der Waals surface area contributed by atoms with Crippen LogP contribution in [0.5, 0.6) is 0 Å². The van der Waals surface area contributed by atoms with Gasteiger partial charge in [-0.3, -0.25) is 14.4 Å².